The molecule has 0 fully saturated rings. The fraction of sp³-hybridized carbons (Fsp3) is 0.250. The van der Waals surface area contributed by atoms with E-state index < -0.39 is 11.9 Å². The quantitative estimate of drug-likeness (QED) is 0.396. The zero-order chi connectivity index (χ0) is 21.6. The van der Waals surface area contributed by atoms with Gasteiger partial charge in [0.25, 0.3) is 0 Å². The Kier molecular flexibility index (Phi) is 7.33. The molecule has 0 bridgehead atoms. The fourth-order valence-electron chi connectivity index (χ4n) is 2.61. The molecule has 0 atom stereocenters. The normalized spacial score (nSPS) is 11.3. The molecule has 3 aromatic rings. The average Bonchev–Trinajstić information content (AvgIpc) is 3.27. The van der Waals surface area contributed by atoms with Gasteiger partial charge in [-0.25, -0.2) is 9.97 Å². The molecule has 5 nitrogen and oxygen atoms in total. The first kappa shape index (κ1) is 22.1. The van der Waals surface area contributed by atoms with Crippen LogP contribution in [-0.2, 0) is 17.4 Å². The predicted molar refractivity (Wildman–Crippen MR) is 111 cm³/mol. The Balaban J connectivity index is 1.60. The fourth-order valence-corrected chi connectivity index (χ4v) is 3.99. The number of carbonyl (C=O) groups is 1. The number of halogens is 3. The van der Waals surface area contributed by atoms with Gasteiger partial charge in [-0.1, -0.05) is 36.0 Å². The lowest BCUT2D eigenvalue weighted by Crippen LogP contribution is -2.27. The highest BCUT2D eigenvalue weighted by atomic mass is 32.2. The largest absolute Gasteiger partial charge is 0.496 e. The lowest BCUT2D eigenvalue weighted by molar-refractivity contribution is -0.141. The predicted octanol–water partition coefficient (Wildman–Crippen LogP) is 4.68. The van der Waals surface area contributed by atoms with Gasteiger partial charge >= 0.3 is 6.18 Å². The van der Waals surface area contributed by atoms with Gasteiger partial charge in [0.2, 0.25) is 5.91 Å². The van der Waals surface area contributed by atoms with Gasteiger partial charge in [0, 0.05) is 6.54 Å². The van der Waals surface area contributed by atoms with Crippen molar-refractivity contribution in [2.24, 2.45) is 0 Å². The first-order chi connectivity index (χ1) is 14.4. The van der Waals surface area contributed by atoms with Crippen molar-refractivity contribution < 1.29 is 22.7 Å². The van der Waals surface area contributed by atoms with Crippen molar-refractivity contribution in [1.29, 1.82) is 0 Å². The number of benzene rings is 1. The number of hydrogen-bond donors (Lipinski definition) is 1. The molecule has 0 spiro atoms. The van der Waals surface area contributed by atoms with Gasteiger partial charge < -0.3 is 10.1 Å². The number of para-hydroxylation sites is 1. The van der Waals surface area contributed by atoms with Gasteiger partial charge in [0.15, 0.2) is 5.16 Å². The van der Waals surface area contributed by atoms with Crippen molar-refractivity contribution in [2.75, 3.05) is 19.4 Å². The lowest BCUT2D eigenvalue weighted by atomic mass is 10.1. The van der Waals surface area contributed by atoms with Crippen molar-refractivity contribution in [3.8, 4) is 16.3 Å². The van der Waals surface area contributed by atoms with Crippen LogP contribution in [0, 0.1) is 0 Å². The summed E-state index contributed by atoms with van der Waals surface area (Å²) in [6, 6.07) is 11.8. The molecule has 0 aliphatic rings. The van der Waals surface area contributed by atoms with Gasteiger partial charge in [-0.15, -0.1) is 11.3 Å². The number of aromatic nitrogens is 2. The van der Waals surface area contributed by atoms with Crippen LogP contribution in [0.2, 0.25) is 0 Å². The zero-order valence-electron chi connectivity index (χ0n) is 15.9. The smallest absolute Gasteiger partial charge is 0.433 e. The second-order valence-corrected chi connectivity index (χ2v) is 7.99. The summed E-state index contributed by atoms with van der Waals surface area (Å²) in [6.45, 7) is 0.379. The number of carbonyl (C=O) groups excluding carboxylic acids is 1. The first-order valence-electron chi connectivity index (χ1n) is 8.88. The number of nitrogens with zero attached hydrogens (tertiary/aromatic N) is 2. The summed E-state index contributed by atoms with van der Waals surface area (Å²) in [5.74, 6) is 0.338. The highest BCUT2D eigenvalue weighted by Gasteiger charge is 2.34. The van der Waals surface area contributed by atoms with E-state index in [0.29, 0.717) is 17.8 Å². The van der Waals surface area contributed by atoms with Crippen molar-refractivity contribution in [3.63, 3.8) is 0 Å². The van der Waals surface area contributed by atoms with E-state index in [0.717, 1.165) is 29.1 Å². The summed E-state index contributed by atoms with van der Waals surface area (Å²) in [6.07, 6.45) is -4.02. The molecular formula is C20H18F3N3O2S2. The molecular weight excluding hydrogens is 435 g/mol. The van der Waals surface area contributed by atoms with Crippen molar-refractivity contribution in [1.82, 2.24) is 15.3 Å². The van der Waals surface area contributed by atoms with Gasteiger partial charge in [-0.05, 0) is 35.6 Å². The zero-order valence-corrected chi connectivity index (χ0v) is 17.5. The molecule has 0 aliphatic carbocycles. The number of hydrogen-bond acceptors (Lipinski definition) is 6. The first-order valence-corrected chi connectivity index (χ1v) is 10.7. The second kappa shape index (κ2) is 9.94. The molecule has 0 aliphatic heterocycles. The van der Waals surface area contributed by atoms with Crippen molar-refractivity contribution in [3.05, 3.63) is 59.1 Å². The Morgan fingerprint density at radius 2 is 2.00 bits per heavy atom. The lowest BCUT2D eigenvalue weighted by Gasteiger charge is -2.10. The van der Waals surface area contributed by atoms with Crippen LogP contribution in [-0.4, -0.2) is 35.3 Å². The third-order valence-corrected chi connectivity index (χ3v) is 5.75. The molecule has 1 N–H and O–H groups in total. The molecule has 0 saturated carbocycles. The molecule has 0 saturated heterocycles. The standard InChI is InChI=1S/C20H18F3N3O2S2/c1-28-15-6-3-2-5-13(15)8-9-24-18(27)12-30-19-25-14(16-7-4-10-29-16)11-17(26-19)20(21,22)23/h2-7,10-11H,8-9,12H2,1H3,(H,24,27). The molecule has 3 rings (SSSR count). The molecule has 158 valence electrons. The van der Waals surface area contributed by atoms with Crippen LogP contribution in [0.3, 0.4) is 0 Å². The number of thiophene rings is 1. The summed E-state index contributed by atoms with van der Waals surface area (Å²) in [7, 11) is 1.58. The Morgan fingerprint density at radius 3 is 2.70 bits per heavy atom. The summed E-state index contributed by atoms with van der Waals surface area (Å²) >= 11 is 2.15. The van der Waals surface area contributed by atoms with Crippen LogP contribution in [0.5, 0.6) is 5.75 Å². The molecule has 2 heterocycles. The number of rotatable bonds is 8. The summed E-state index contributed by atoms with van der Waals surface area (Å²) < 4.78 is 44.8. The van der Waals surface area contributed by atoms with Crippen LogP contribution in [0.4, 0.5) is 13.2 Å². The Bertz CT molecular complexity index is 995. The highest BCUT2D eigenvalue weighted by molar-refractivity contribution is 7.99. The van der Waals surface area contributed by atoms with Crippen LogP contribution in [0.15, 0.2) is 53.0 Å². The Labute approximate surface area is 179 Å². The van der Waals surface area contributed by atoms with E-state index in [1.807, 2.05) is 24.3 Å². The van der Waals surface area contributed by atoms with Gasteiger partial charge in [0.05, 0.1) is 23.4 Å². The van der Waals surface area contributed by atoms with E-state index in [1.54, 1.807) is 24.6 Å². The minimum atomic E-state index is -4.60. The molecule has 2 aromatic heterocycles. The van der Waals surface area contributed by atoms with E-state index in [-0.39, 0.29) is 22.5 Å². The van der Waals surface area contributed by atoms with E-state index >= 15 is 0 Å². The maximum atomic E-state index is 13.2. The molecule has 1 aromatic carbocycles. The van der Waals surface area contributed by atoms with Crippen LogP contribution in [0.25, 0.3) is 10.6 Å². The number of amides is 1. The van der Waals surface area contributed by atoms with E-state index in [1.165, 1.54) is 11.3 Å². The molecule has 10 heteroatoms. The van der Waals surface area contributed by atoms with Gasteiger partial charge in [-0.2, -0.15) is 13.2 Å². The maximum Gasteiger partial charge on any atom is 0.433 e. The number of alkyl halides is 3. The second-order valence-electron chi connectivity index (χ2n) is 6.10. The minimum absolute atomic E-state index is 0.0862. The monoisotopic (exact) mass is 453 g/mol. The van der Waals surface area contributed by atoms with Crippen LogP contribution < -0.4 is 10.1 Å². The maximum absolute atomic E-state index is 13.2. The highest BCUT2D eigenvalue weighted by Crippen LogP contribution is 2.33. The number of ether oxygens (including phenoxy) is 1. The third-order valence-electron chi connectivity index (χ3n) is 4.01. The summed E-state index contributed by atoms with van der Waals surface area (Å²) in [5.41, 5.74) is 0.112. The van der Waals surface area contributed by atoms with Crippen molar-refractivity contribution >= 4 is 29.0 Å². The topological polar surface area (TPSA) is 64.1 Å². The van der Waals surface area contributed by atoms with Gasteiger partial charge in [0.1, 0.15) is 11.4 Å². The molecule has 1 amide bonds. The average molecular weight is 454 g/mol. The Morgan fingerprint density at radius 1 is 1.20 bits per heavy atom. The van der Waals surface area contributed by atoms with Crippen LogP contribution in [0.1, 0.15) is 11.3 Å². The third kappa shape index (κ3) is 5.96. The van der Waals surface area contributed by atoms with E-state index in [2.05, 4.69) is 15.3 Å². The van der Waals surface area contributed by atoms with E-state index in [9.17, 15) is 18.0 Å². The number of methoxy groups -OCH3 is 1. The number of thioether (sulfide) groups is 1. The summed E-state index contributed by atoms with van der Waals surface area (Å²) in [4.78, 5) is 20.5. The SMILES string of the molecule is COc1ccccc1CCNC(=O)CSc1nc(-c2cccs2)cc(C(F)(F)F)n1. The number of nitrogens with one attached hydrogen (secondary N) is 1. The minimum Gasteiger partial charge on any atom is -0.496 e. The van der Waals surface area contributed by atoms with Crippen molar-refractivity contribution in [2.45, 2.75) is 17.8 Å². The molecule has 0 radical (unpaired) electrons. The van der Waals surface area contributed by atoms with E-state index in [4.69, 9.17) is 4.74 Å². The van der Waals surface area contributed by atoms with Crippen LogP contribution >= 0.6 is 23.1 Å². The molecule has 30 heavy (non-hydrogen) atoms. The summed E-state index contributed by atoms with van der Waals surface area (Å²) in [5, 5.41) is 4.42. The van der Waals surface area contributed by atoms with Gasteiger partial charge in [-0.3, -0.25) is 4.79 Å². The molecule has 0 unspecified atom stereocenters. The Hall–Kier alpha value is -2.59.